The number of aryl methyl sites for hydroxylation is 1. The van der Waals surface area contributed by atoms with Gasteiger partial charge in [-0.15, -0.1) is 0 Å². The first-order chi connectivity index (χ1) is 10.3. The van der Waals surface area contributed by atoms with Gasteiger partial charge >= 0.3 is 0 Å². The van der Waals surface area contributed by atoms with E-state index in [-0.39, 0.29) is 11.9 Å². The highest BCUT2D eigenvalue weighted by molar-refractivity contribution is 5.79. The van der Waals surface area contributed by atoms with Crippen LogP contribution < -0.4 is 10.6 Å². The highest BCUT2D eigenvalue weighted by atomic mass is 16.2. The number of hydrogen-bond acceptors (Lipinski definition) is 5. The Balaban J connectivity index is 1.91. The summed E-state index contributed by atoms with van der Waals surface area (Å²) in [6.07, 6.45) is 3.98. The average molecular weight is 289 g/mol. The molecule has 3 rings (SSSR count). The molecule has 1 aromatic rings. The molecule has 114 valence electrons. The Bertz CT molecular complexity index is 501. The largest absolute Gasteiger partial charge is 0.331 e. The molecule has 0 radical (unpaired) electrons. The summed E-state index contributed by atoms with van der Waals surface area (Å²) in [6.45, 7) is 6.00. The van der Waals surface area contributed by atoms with E-state index in [1.807, 2.05) is 17.9 Å². The zero-order valence-electron chi connectivity index (χ0n) is 12.5. The first-order valence-corrected chi connectivity index (χ1v) is 7.76. The number of piperazine rings is 1. The van der Waals surface area contributed by atoms with Gasteiger partial charge in [-0.25, -0.2) is 9.97 Å². The fraction of sp³-hybridized carbons (Fsp3) is 0.667. The normalized spacial score (nSPS) is 22.3. The molecule has 1 atom stereocenters. The van der Waals surface area contributed by atoms with Crippen molar-refractivity contribution < 1.29 is 4.79 Å². The fourth-order valence-electron chi connectivity index (χ4n) is 3.37. The minimum atomic E-state index is 0.0865. The van der Waals surface area contributed by atoms with Crippen molar-refractivity contribution in [2.75, 3.05) is 32.7 Å². The minimum absolute atomic E-state index is 0.0865. The Hall–Kier alpha value is -1.53. The molecule has 0 spiro atoms. The van der Waals surface area contributed by atoms with Crippen molar-refractivity contribution in [3.05, 3.63) is 23.8 Å². The summed E-state index contributed by atoms with van der Waals surface area (Å²) in [5.41, 5.74) is 0.990. The maximum Gasteiger partial charge on any atom is 0.237 e. The number of carbonyl (C=O) groups is 1. The van der Waals surface area contributed by atoms with Gasteiger partial charge in [0.25, 0.3) is 0 Å². The monoisotopic (exact) mass is 289 g/mol. The number of hydrogen-bond donors (Lipinski definition) is 2. The van der Waals surface area contributed by atoms with Gasteiger partial charge in [-0.2, -0.15) is 0 Å². The predicted molar refractivity (Wildman–Crippen MR) is 79.7 cm³/mol. The van der Waals surface area contributed by atoms with Gasteiger partial charge in [0.05, 0.1) is 18.3 Å². The van der Waals surface area contributed by atoms with E-state index in [4.69, 9.17) is 0 Å². The third-order valence-electron chi connectivity index (χ3n) is 4.39. The van der Waals surface area contributed by atoms with Crippen LogP contribution in [0.1, 0.15) is 30.4 Å². The molecular formula is C15H23N5O. The number of carbonyl (C=O) groups excluding carboxylic acids is 1. The van der Waals surface area contributed by atoms with Crippen LogP contribution in [0.4, 0.5) is 0 Å². The van der Waals surface area contributed by atoms with Crippen LogP contribution in [0.5, 0.6) is 0 Å². The van der Waals surface area contributed by atoms with Crippen molar-refractivity contribution in [1.29, 1.82) is 0 Å². The average Bonchev–Trinajstić information content (AvgIpc) is 2.51. The molecule has 0 saturated carbocycles. The first-order valence-electron chi connectivity index (χ1n) is 7.76. The van der Waals surface area contributed by atoms with Crippen LogP contribution in [-0.2, 0) is 4.79 Å². The fourth-order valence-corrected chi connectivity index (χ4v) is 3.37. The molecule has 21 heavy (non-hydrogen) atoms. The van der Waals surface area contributed by atoms with Gasteiger partial charge in [0.2, 0.25) is 5.91 Å². The molecule has 1 amide bonds. The Labute approximate surface area is 125 Å². The van der Waals surface area contributed by atoms with E-state index in [0.29, 0.717) is 12.5 Å². The first kappa shape index (κ1) is 14.4. The molecule has 2 N–H and O–H groups in total. The van der Waals surface area contributed by atoms with Crippen LogP contribution in [0.15, 0.2) is 12.3 Å². The molecule has 2 fully saturated rings. The number of nitrogens with one attached hydrogen (secondary N) is 2. The number of piperidine rings is 1. The molecule has 2 aliphatic heterocycles. The zero-order valence-corrected chi connectivity index (χ0v) is 12.5. The second kappa shape index (κ2) is 6.49. The molecule has 1 unspecified atom stereocenters. The molecule has 2 saturated heterocycles. The molecule has 1 aromatic heterocycles. The van der Waals surface area contributed by atoms with Gasteiger partial charge in [0.15, 0.2) is 0 Å². The van der Waals surface area contributed by atoms with Crippen molar-refractivity contribution in [1.82, 2.24) is 25.5 Å². The second-order valence-corrected chi connectivity index (χ2v) is 5.82. The molecule has 3 heterocycles. The van der Waals surface area contributed by atoms with E-state index in [0.717, 1.165) is 50.5 Å². The summed E-state index contributed by atoms with van der Waals surface area (Å²) in [4.78, 5) is 23.2. The van der Waals surface area contributed by atoms with E-state index >= 15 is 0 Å². The van der Waals surface area contributed by atoms with Crippen LogP contribution in [0.2, 0.25) is 0 Å². The molecular weight excluding hydrogens is 266 g/mol. The maximum atomic E-state index is 12.3. The summed E-state index contributed by atoms with van der Waals surface area (Å²) < 4.78 is 0. The van der Waals surface area contributed by atoms with Crippen LogP contribution in [0.3, 0.4) is 0 Å². The van der Waals surface area contributed by atoms with E-state index in [9.17, 15) is 4.79 Å². The standard InChI is InChI=1S/C15H23N5O/c1-11-18-7-4-13(19-11)15(12-2-5-16-6-3-12)20-9-8-17-10-14(20)21/h4,7,12,15-17H,2-3,5-6,8-10H2,1H3. The summed E-state index contributed by atoms with van der Waals surface area (Å²) in [7, 11) is 0. The van der Waals surface area contributed by atoms with Crippen LogP contribution in [-0.4, -0.2) is 53.5 Å². The van der Waals surface area contributed by atoms with Gasteiger partial charge in [-0.05, 0) is 44.8 Å². The predicted octanol–water partition coefficient (Wildman–Crippen LogP) is 0.258. The number of amides is 1. The van der Waals surface area contributed by atoms with E-state index in [1.165, 1.54) is 0 Å². The van der Waals surface area contributed by atoms with E-state index in [1.54, 1.807) is 6.20 Å². The summed E-state index contributed by atoms with van der Waals surface area (Å²) >= 11 is 0. The Morgan fingerprint density at radius 2 is 2.10 bits per heavy atom. The summed E-state index contributed by atoms with van der Waals surface area (Å²) in [6, 6.07) is 2.05. The Morgan fingerprint density at radius 3 is 2.81 bits per heavy atom. The minimum Gasteiger partial charge on any atom is -0.331 e. The number of rotatable bonds is 3. The summed E-state index contributed by atoms with van der Waals surface area (Å²) in [5.74, 6) is 1.43. The molecule has 2 aliphatic rings. The second-order valence-electron chi connectivity index (χ2n) is 5.82. The van der Waals surface area contributed by atoms with Crippen molar-refractivity contribution in [2.24, 2.45) is 5.92 Å². The van der Waals surface area contributed by atoms with Gasteiger partial charge in [0.1, 0.15) is 5.82 Å². The van der Waals surface area contributed by atoms with E-state index < -0.39 is 0 Å². The molecule has 0 aromatic carbocycles. The van der Waals surface area contributed by atoms with Crippen molar-refractivity contribution in [3.8, 4) is 0 Å². The Kier molecular flexibility index (Phi) is 4.45. The van der Waals surface area contributed by atoms with E-state index in [2.05, 4.69) is 20.6 Å². The highest BCUT2D eigenvalue weighted by Crippen LogP contribution is 2.33. The third-order valence-corrected chi connectivity index (χ3v) is 4.39. The third kappa shape index (κ3) is 3.22. The van der Waals surface area contributed by atoms with Crippen molar-refractivity contribution in [3.63, 3.8) is 0 Å². The molecule has 6 nitrogen and oxygen atoms in total. The van der Waals surface area contributed by atoms with Crippen molar-refractivity contribution >= 4 is 5.91 Å². The lowest BCUT2D eigenvalue weighted by atomic mass is 9.86. The lowest BCUT2D eigenvalue weighted by Crippen LogP contribution is -2.52. The topological polar surface area (TPSA) is 70.2 Å². The lowest BCUT2D eigenvalue weighted by molar-refractivity contribution is -0.136. The van der Waals surface area contributed by atoms with Crippen LogP contribution in [0, 0.1) is 12.8 Å². The lowest BCUT2D eigenvalue weighted by Gasteiger charge is -2.40. The van der Waals surface area contributed by atoms with Gasteiger partial charge in [-0.1, -0.05) is 0 Å². The van der Waals surface area contributed by atoms with Crippen LogP contribution in [0.25, 0.3) is 0 Å². The molecule has 0 bridgehead atoms. The smallest absolute Gasteiger partial charge is 0.237 e. The van der Waals surface area contributed by atoms with Crippen molar-refractivity contribution in [2.45, 2.75) is 25.8 Å². The molecule has 6 heteroatoms. The number of aromatic nitrogens is 2. The highest BCUT2D eigenvalue weighted by Gasteiger charge is 2.34. The Morgan fingerprint density at radius 1 is 1.29 bits per heavy atom. The van der Waals surface area contributed by atoms with Gasteiger partial charge in [-0.3, -0.25) is 4.79 Å². The zero-order chi connectivity index (χ0) is 14.7. The van der Waals surface area contributed by atoms with Gasteiger partial charge in [0, 0.05) is 19.3 Å². The van der Waals surface area contributed by atoms with Crippen LogP contribution >= 0.6 is 0 Å². The summed E-state index contributed by atoms with van der Waals surface area (Å²) in [5, 5.41) is 6.55. The molecule has 0 aliphatic carbocycles. The van der Waals surface area contributed by atoms with Gasteiger partial charge < -0.3 is 15.5 Å². The maximum absolute atomic E-state index is 12.3. The quantitative estimate of drug-likeness (QED) is 0.835. The SMILES string of the molecule is Cc1nccc(C(C2CCNCC2)N2CCNCC2=O)n1. The number of nitrogens with zero attached hydrogens (tertiary/aromatic N) is 3.